The van der Waals surface area contributed by atoms with Crippen molar-refractivity contribution >= 4 is 32.9 Å². The molecule has 2 aromatic heterocycles. The van der Waals surface area contributed by atoms with E-state index in [1.54, 1.807) is 17.5 Å². The fourth-order valence-electron chi connectivity index (χ4n) is 1.83. The molecule has 0 aliphatic rings. The number of hydrogen-bond acceptors (Lipinski definition) is 5. The van der Waals surface area contributed by atoms with E-state index >= 15 is 0 Å². The van der Waals surface area contributed by atoms with Gasteiger partial charge in [0, 0.05) is 6.20 Å². The number of fused-ring (bicyclic) bond motifs is 1. The quantitative estimate of drug-likeness (QED) is 0.631. The smallest absolute Gasteiger partial charge is 0.0907 e. The standard InChI is InChI=1S/C12H13N5S/c1-7-16-11-5-10(9(13)4-12(11)18-7)14-6-8-2-3-15-17-8/h2-5,14H,6,13H2,1H3,(H,15,17). The number of nitrogens with one attached hydrogen (secondary N) is 2. The van der Waals surface area contributed by atoms with Crippen molar-refractivity contribution in [2.45, 2.75) is 13.5 Å². The number of H-pyrrole nitrogens is 1. The number of nitrogen functional groups attached to an aromatic ring is 1. The maximum absolute atomic E-state index is 6.03. The normalized spacial score (nSPS) is 10.9. The molecule has 0 unspecified atom stereocenters. The summed E-state index contributed by atoms with van der Waals surface area (Å²) in [6, 6.07) is 5.88. The summed E-state index contributed by atoms with van der Waals surface area (Å²) in [6.45, 7) is 2.66. The Morgan fingerprint density at radius 3 is 3.11 bits per heavy atom. The van der Waals surface area contributed by atoms with Gasteiger partial charge in [0.1, 0.15) is 0 Å². The fraction of sp³-hybridized carbons (Fsp3) is 0.167. The summed E-state index contributed by atoms with van der Waals surface area (Å²) >= 11 is 1.66. The van der Waals surface area contributed by atoms with Crippen LogP contribution in [0.3, 0.4) is 0 Å². The Labute approximate surface area is 108 Å². The minimum Gasteiger partial charge on any atom is -0.397 e. The summed E-state index contributed by atoms with van der Waals surface area (Å²) < 4.78 is 1.12. The second kappa shape index (κ2) is 4.30. The number of thiazole rings is 1. The van der Waals surface area contributed by atoms with Crippen molar-refractivity contribution in [1.82, 2.24) is 15.2 Å². The van der Waals surface area contributed by atoms with Crippen LogP contribution in [0.15, 0.2) is 24.4 Å². The van der Waals surface area contributed by atoms with Gasteiger partial charge in [-0.15, -0.1) is 11.3 Å². The van der Waals surface area contributed by atoms with Crippen molar-refractivity contribution in [2.75, 3.05) is 11.1 Å². The van der Waals surface area contributed by atoms with Gasteiger partial charge < -0.3 is 11.1 Å². The topological polar surface area (TPSA) is 79.6 Å². The first-order valence-electron chi connectivity index (χ1n) is 5.61. The number of aryl methyl sites for hydroxylation is 1. The second-order valence-corrected chi connectivity index (χ2v) is 5.31. The SMILES string of the molecule is Cc1nc2cc(NCc3ccn[nH]3)c(N)cc2s1. The summed E-state index contributed by atoms with van der Waals surface area (Å²) in [5, 5.41) is 11.1. The van der Waals surface area contributed by atoms with E-state index in [-0.39, 0.29) is 0 Å². The maximum Gasteiger partial charge on any atom is 0.0907 e. The molecule has 0 saturated heterocycles. The third-order valence-electron chi connectivity index (χ3n) is 2.69. The van der Waals surface area contributed by atoms with Crippen LogP contribution in [0.4, 0.5) is 11.4 Å². The Kier molecular flexibility index (Phi) is 2.64. The van der Waals surface area contributed by atoms with Crippen LogP contribution in [0.5, 0.6) is 0 Å². The molecule has 0 bridgehead atoms. The summed E-state index contributed by atoms with van der Waals surface area (Å²) in [6.07, 6.45) is 1.73. The van der Waals surface area contributed by atoms with E-state index in [9.17, 15) is 0 Å². The number of anilines is 2. The molecular weight excluding hydrogens is 246 g/mol. The van der Waals surface area contributed by atoms with Gasteiger partial charge in [0.15, 0.2) is 0 Å². The first kappa shape index (κ1) is 11.0. The van der Waals surface area contributed by atoms with Gasteiger partial charge in [-0.1, -0.05) is 0 Å². The van der Waals surface area contributed by atoms with Crippen molar-refractivity contribution in [2.24, 2.45) is 0 Å². The molecule has 0 spiro atoms. The number of rotatable bonds is 3. The van der Waals surface area contributed by atoms with Crippen molar-refractivity contribution in [3.8, 4) is 0 Å². The van der Waals surface area contributed by atoms with Gasteiger partial charge >= 0.3 is 0 Å². The lowest BCUT2D eigenvalue weighted by Gasteiger charge is -2.08. The average molecular weight is 259 g/mol. The molecule has 0 aliphatic carbocycles. The molecule has 4 N–H and O–H groups in total. The fourth-order valence-corrected chi connectivity index (χ4v) is 2.69. The molecule has 1 aromatic carbocycles. The Hall–Kier alpha value is -2.08. The Morgan fingerprint density at radius 1 is 1.44 bits per heavy atom. The monoisotopic (exact) mass is 259 g/mol. The highest BCUT2D eigenvalue weighted by atomic mass is 32.1. The van der Waals surface area contributed by atoms with Gasteiger partial charge in [-0.3, -0.25) is 5.10 Å². The lowest BCUT2D eigenvalue weighted by atomic mass is 10.2. The van der Waals surface area contributed by atoms with Gasteiger partial charge in [-0.05, 0) is 25.1 Å². The minimum atomic E-state index is 0.666. The van der Waals surface area contributed by atoms with Gasteiger partial charge in [-0.2, -0.15) is 5.10 Å². The van der Waals surface area contributed by atoms with Crippen LogP contribution < -0.4 is 11.1 Å². The zero-order valence-corrected chi connectivity index (χ0v) is 10.7. The lowest BCUT2D eigenvalue weighted by molar-refractivity contribution is 0.982. The predicted molar refractivity (Wildman–Crippen MR) is 74.7 cm³/mol. The van der Waals surface area contributed by atoms with Crippen LogP contribution in [-0.4, -0.2) is 15.2 Å². The molecule has 3 rings (SSSR count). The first-order chi connectivity index (χ1) is 8.72. The molecule has 5 nitrogen and oxygen atoms in total. The summed E-state index contributed by atoms with van der Waals surface area (Å²) in [5.41, 5.74) is 9.67. The van der Waals surface area contributed by atoms with E-state index in [1.165, 1.54) is 0 Å². The average Bonchev–Trinajstić information content (AvgIpc) is 2.94. The Balaban J connectivity index is 1.88. The molecule has 0 atom stereocenters. The summed E-state index contributed by atoms with van der Waals surface area (Å²) in [5.74, 6) is 0. The van der Waals surface area contributed by atoms with E-state index < -0.39 is 0 Å². The second-order valence-electron chi connectivity index (χ2n) is 4.08. The van der Waals surface area contributed by atoms with Crippen molar-refractivity contribution < 1.29 is 0 Å². The lowest BCUT2D eigenvalue weighted by Crippen LogP contribution is -2.02. The molecule has 18 heavy (non-hydrogen) atoms. The van der Waals surface area contributed by atoms with E-state index in [1.807, 2.05) is 25.1 Å². The van der Waals surface area contributed by atoms with Crippen LogP contribution in [0.1, 0.15) is 10.7 Å². The molecule has 6 heteroatoms. The molecule has 0 saturated carbocycles. The molecule has 0 amide bonds. The van der Waals surface area contributed by atoms with Gasteiger partial charge in [-0.25, -0.2) is 4.98 Å². The van der Waals surface area contributed by atoms with Crippen LogP contribution in [0.2, 0.25) is 0 Å². The number of hydrogen-bond donors (Lipinski definition) is 3. The third-order valence-corrected chi connectivity index (χ3v) is 3.63. The molecule has 0 fully saturated rings. The van der Waals surface area contributed by atoms with Gasteiger partial charge in [0.05, 0.1) is 38.8 Å². The van der Waals surface area contributed by atoms with E-state index in [0.29, 0.717) is 6.54 Å². The number of aromatic amines is 1. The van der Waals surface area contributed by atoms with Gasteiger partial charge in [0.25, 0.3) is 0 Å². The Morgan fingerprint density at radius 2 is 2.33 bits per heavy atom. The highest BCUT2D eigenvalue weighted by Crippen LogP contribution is 2.29. The van der Waals surface area contributed by atoms with Crippen LogP contribution in [0.25, 0.3) is 10.2 Å². The third kappa shape index (κ3) is 2.02. The minimum absolute atomic E-state index is 0.666. The molecule has 0 radical (unpaired) electrons. The van der Waals surface area contributed by atoms with E-state index in [0.717, 1.165) is 32.3 Å². The number of nitrogens with zero attached hydrogens (tertiary/aromatic N) is 2. The molecular formula is C12H13N5S. The first-order valence-corrected chi connectivity index (χ1v) is 6.43. The predicted octanol–water partition coefficient (Wildman–Crippen LogP) is 2.52. The van der Waals surface area contributed by atoms with Crippen molar-refractivity contribution in [3.05, 3.63) is 35.1 Å². The van der Waals surface area contributed by atoms with Crippen LogP contribution in [-0.2, 0) is 6.54 Å². The number of benzene rings is 1. The Bertz CT molecular complexity index is 671. The van der Waals surface area contributed by atoms with E-state index in [2.05, 4.69) is 20.5 Å². The van der Waals surface area contributed by atoms with Crippen molar-refractivity contribution in [1.29, 1.82) is 0 Å². The molecule has 3 aromatic rings. The van der Waals surface area contributed by atoms with Gasteiger partial charge in [0.2, 0.25) is 0 Å². The van der Waals surface area contributed by atoms with E-state index in [4.69, 9.17) is 5.73 Å². The molecule has 2 heterocycles. The summed E-state index contributed by atoms with van der Waals surface area (Å²) in [7, 11) is 0. The number of nitrogens with two attached hydrogens (primary N) is 1. The molecule has 0 aliphatic heterocycles. The summed E-state index contributed by atoms with van der Waals surface area (Å²) in [4.78, 5) is 4.46. The molecule has 92 valence electrons. The maximum atomic E-state index is 6.03. The van der Waals surface area contributed by atoms with Crippen LogP contribution >= 0.6 is 11.3 Å². The zero-order chi connectivity index (χ0) is 12.5. The largest absolute Gasteiger partial charge is 0.397 e. The van der Waals surface area contributed by atoms with Crippen molar-refractivity contribution in [3.63, 3.8) is 0 Å². The number of aromatic nitrogens is 3. The highest BCUT2D eigenvalue weighted by molar-refractivity contribution is 7.18. The van der Waals surface area contributed by atoms with Crippen LogP contribution in [0, 0.1) is 6.92 Å². The highest BCUT2D eigenvalue weighted by Gasteiger charge is 2.06. The zero-order valence-electron chi connectivity index (χ0n) is 9.90.